The number of hydrogen-bond acceptors (Lipinski definition) is 6. The molecule has 2 heterocycles. The molecule has 2 aliphatic heterocycles. The standard InChI is InChI=1S/C17H28N4O2/c1-17(18)12-20-10-14(11-22-17)21-13-3-2-4-16(9-13)23-15-5-7-19-8-6-15/h2-4,9,14-15,19-21H,5-8,10-12,18H2,1H3. The summed E-state index contributed by atoms with van der Waals surface area (Å²) in [5.74, 6) is 0.924. The van der Waals surface area contributed by atoms with Crippen LogP contribution in [0.2, 0.25) is 0 Å². The van der Waals surface area contributed by atoms with Crippen LogP contribution in [0.15, 0.2) is 24.3 Å². The van der Waals surface area contributed by atoms with E-state index in [2.05, 4.69) is 28.1 Å². The van der Waals surface area contributed by atoms with Crippen molar-refractivity contribution in [1.82, 2.24) is 10.6 Å². The summed E-state index contributed by atoms with van der Waals surface area (Å²) < 4.78 is 11.8. The second-order valence-electron chi connectivity index (χ2n) is 6.69. The van der Waals surface area contributed by atoms with Crippen molar-refractivity contribution < 1.29 is 9.47 Å². The molecule has 6 nitrogen and oxygen atoms in total. The van der Waals surface area contributed by atoms with Crippen LogP contribution < -0.4 is 26.4 Å². The molecule has 0 saturated carbocycles. The van der Waals surface area contributed by atoms with Gasteiger partial charge in [0.2, 0.25) is 0 Å². The third-order valence-electron chi connectivity index (χ3n) is 4.27. The third-order valence-corrected chi connectivity index (χ3v) is 4.27. The average molecular weight is 320 g/mol. The topological polar surface area (TPSA) is 80.6 Å². The molecule has 2 aliphatic rings. The van der Waals surface area contributed by atoms with E-state index < -0.39 is 5.72 Å². The van der Waals surface area contributed by atoms with Crippen molar-refractivity contribution in [2.45, 2.75) is 37.6 Å². The van der Waals surface area contributed by atoms with Gasteiger partial charge in [-0.15, -0.1) is 0 Å². The summed E-state index contributed by atoms with van der Waals surface area (Å²) in [5, 5.41) is 10.2. The van der Waals surface area contributed by atoms with Gasteiger partial charge in [-0.05, 0) is 45.0 Å². The SMILES string of the molecule is CC1(N)CNCC(Nc2cccc(OC3CCNCC3)c2)CO1. The van der Waals surface area contributed by atoms with E-state index in [0.717, 1.165) is 43.9 Å². The molecular weight excluding hydrogens is 292 g/mol. The maximum atomic E-state index is 6.10. The number of rotatable bonds is 4. The van der Waals surface area contributed by atoms with E-state index in [1.54, 1.807) is 0 Å². The zero-order chi connectivity index (χ0) is 16.1. The van der Waals surface area contributed by atoms with Crippen molar-refractivity contribution in [3.05, 3.63) is 24.3 Å². The fraction of sp³-hybridized carbons (Fsp3) is 0.647. The first-order valence-electron chi connectivity index (χ1n) is 8.48. The van der Waals surface area contributed by atoms with Gasteiger partial charge in [0.1, 0.15) is 17.6 Å². The maximum Gasteiger partial charge on any atom is 0.126 e. The lowest BCUT2D eigenvalue weighted by Crippen LogP contribution is -2.46. The molecule has 2 saturated heterocycles. The van der Waals surface area contributed by atoms with Gasteiger partial charge in [0.15, 0.2) is 0 Å². The van der Waals surface area contributed by atoms with Crippen molar-refractivity contribution in [3.8, 4) is 5.75 Å². The fourth-order valence-corrected chi connectivity index (χ4v) is 2.99. The lowest BCUT2D eigenvalue weighted by Gasteiger charge is -2.25. The molecule has 5 N–H and O–H groups in total. The summed E-state index contributed by atoms with van der Waals surface area (Å²) in [6.07, 6.45) is 2.44. The van der Waals surface area contributed by atoms with Crippen LogP contribution in [0.1, 0.15) is 19.8 Å². The molecule has 1 aromatic rings. The second kappa shape index (κ2) is 7.49. The molecule has 0 aromatic heterocycles. The Bertz CT molecular complexity index is 503. The Morgan fingerprint density at radius 2 is 2.13 bits per heavy atom. The van der Waals surface area contributed by atoms with E-state index in [0.29, 0.717) is 19.3 Å². The lowest BCUT2D eigenvalue weighted by molar-refractivity contribution is -0.0160. The quantitative estimate of drug-likeness (QED) is 0.660. The van der Waals surface area contributed by atoms with E-state index in [-0.39, 0.29) is 6.04 Å². The van der Waals surface area contributed by atoms with Crippen molar-refractivity contribution in [2.75, 3.05) is 38.1 Å². The zero-order valence-electron chi connectivity index (χ0n) is 13.8. The third kappa shape index (κ3) is 5.07. The van der Waals surface area contributed by atoms with Gasteiger partial charge in [-0.2, -0.15) is 0 Å². The van der Waals surface area contributed by atoms with Crippen molar-refractivity contribution in [1.29, 1.82) is 0 Å². The first-order chi connectivity index (χ1) is 11.1. The zero-order valence-corrected chi connectivity index (χ0v) is 13.8. The maximum absolute atomic E-state index is 6.10. The van der Waals surface area contributed by atoms with Crippen molar-refractivity contribution in [3.63, 3.8) is 0 Å². The van der Waals surface area contributed by atoms with E-state index in [4.69, 9.17) is 15.2 Å². The predicted molar refractivity (Wildman–Crippen MR) is 91.8 cm³/mol. The molecule has 0 radical (unpaired) electrons. The van der Waals surface area contributed by atoms with Crippen LogP contribution in [0, 0.1) is 0 Å². The normalized spacial score (nSPS) is 29.7. The molecule has 0 amide bonds. The van der Waals surface area contributed by atoms with Crippen LogP contribution in [0.5, 0.6) is 5.75 Å². The number of piperidine rings is 1. The molecule has 2 atom stereocenters. The minimum Gasteiger partial charge on any atom is -0.490 e. The number of nitrogens with one attached hydrogen (secondary N) is 3. The Kier molecular flexibility index (Phi) is 5.38. The van der Waals surface area contributed by atoms with Crippen LogP contribution in [-0.4, -0.2) is 50.7 Å². The van der Waals surface area contributed by atoms with E-state index >= 15 is 0 Å². The van der Waals surface area contributed by atoms with Gasteiger partial charge in [-0.3, -0.25) is 0 Å². The average Bonchev–Trinajstić information content (AvgIpc) is 2.70. The molecule has 0 spiro atoms. The van der Waals surface area contributed by atoms with Gasteiger partial charge in [-0.1, -0.05) is 6.07 Å². The Morgan fingerprint density at radius 1 is 1.30 bits per heavy atom. The predicted octanol–water partition coefficient (Wildman–Crippen LogP) is 0.893. The highest BCUT2D eigenvalue weighted by molar-refractivity contribution is 5.49. The molecule has 1 aromatic carbocycles. The molecular formula is C17H28N4O2. The highest BCUT2D eigenvalue weighted by Gasteiger charge is 2.25. The smallest absolute Gasteiger partial charge is 0.126 e. The summed E-state index contributed by atoms with van der Waals surface area (Å²) in [6, 6.07) is 8.36. The highest BCUT2D eigenvalue weighted by Crippen LogP contribution is 2.22. The number of anilines is 1. The number of benzene rings is 1. The molecule has 23 heavy (non-hydrogen) atoms. The van der Waals surface area contributed by atoms with Gasteiger partial charge in [0.05, 0.1) is 12.6 Å². The Morgan fingerprint density at radius 3 is 2.96 bits per heavy atom. The summed E-state index contributed by atoms with van der Waals surface area (Å²) in [4.78, 5) is 0. The summed E-state index contributed by atoms with van der Waals surface area (Å²) >= 11 is 0. The van der Waals surface area contributed by atoms with Gasteiger partial charge in [0, 0.05) is 24.8 Å². The number of hydrogen-bond donors (Lipinski definition) is 4. The first-order valence-corrected chi connectivity index (χ1v) is 8.48. The summed E-state index contributed by atoms with van der Waals surface area (Å²) in [6.45, 7) is 6.03. The summed E-state index contributed by atoms with van der Waals surface area (Å²) in [7, 11) is 0. The second-order valence-corrected chi connectivity index (χ2v) is 6.69. The highest BCUT2D eigenvalue weighted by atomic mass is 16.5. The first kappa shape index (κ1) is 16.5. The van der Waals surface area contributed by atoms with Gasteiger partial charge < -0.3 is 31.2 Å². The minimum absolute atomic E-state index is 0.189. The lowest BCUT2D eigenvalue weighted by atomic mass is 10.1. The largest absolute Gasteiger partial charge is 0.490 e. The molecule has 6 heteroatoms. The van der Waals surface area contributed by atoms with Crippen LogP contribution >= 0.6 is 0 Å². The van der Waals surface area contributed by atoms with Crippen molar-refractivity contribution in [2.24, 2.45) is 5.73 Å². The Labute approximate surface area is 138 Å². The fourth-order valence-electron chi connectivity index (χ4n) is 2.99. The van der Waals surface area contributed by atoms with E-state index in [1.165, 1.54) is 0 Å². The van der Waals surface area contributed by atoms with Crippen LogP contribution in [0.4, 0.5) is 5.69 Å². The van der Waals surface area contributed by atoms with Crippen LogP contribution in [-0.2, 0) is 4.74 Å². The molecule has 3 rings (SSSR count). The molecule has 128 valence electrons. The van der Waals surface area contributed by atoms with Crippen LogP contribution in [0.3, 0.4) is 0 Å². The minimum atomic E-state index is -0.601. The summed E-state index contributed by atoms with van der Waals surface area (Å²) in [5.41, 5.74) is 6.47. The number of nitrogens with two attached hydrogens (primary N) is 1. The van der Waals surface area contributed by atoms with E-state index in [1.807, 2.05) is 19.1 Å². The monoisotopic (exact) mass is 320 g/mol. The van der Waals surface area contributed by atoms with Crippen LogP contribution in [0.25, 0.3) is 0 Å². The van der Waals surface area contributed by atoms with Crippen molar-refractivity contribution >= 4 is 5.69 Å². The molecule has 2 fully saturated rings. The Balaban J connectivity index is 1.56. The van der Waals surface area contributed by atoms with Gasteiger partial charge in [0.25, 0.3) is 0 Å². The van der Waals surface area contributed by atoms with Gasteiger partial charge in [-0.25, -0.2) is 0 Å². The van der Waals surface area contributed by atoms with Gasteiger partial charge >= 0.3 is 0 Å². The molecule has 0 aliphatic carbocycles. The Hall–Kier alpha value is -1.34. The molecule has 2 unspecified atom stereocenters. The number of ether oxygens (including phenoxy) is 2. The molecule has 0 bridgehead atoms. The van der Waals surface area contributed by atoms with E-state index in [9.17, 15) is 0 Å².